The lowest BCUT2D eigenvalue weighted by Gasteiger charge is -2.19. The third-order valence-electron chi connectivity index (χ3n) is 2.98. The Morgan fingerprint density at radius 3 is 2.88 bits per heavy atom. The molecule has 1 saturated carbocycles. The quantitative estimate of drug-likeness (QED) is 0.848. The van der Waals surface area contributed by atoms with E-state index in [9.17, 15) is 9.90 Å². The van der Waals surface area contributed by atoms with E-state index in [1.165, 1.54) is 11.3 Å². The van der Waals surface area contributed by atoms with Crippen LogP contribution in [0.3, 0.4) is 0 Å². The van der Waals surface area contributed by atoms with Crippen molar-refractivity contribution in [2.75, 3.05) is 5.32 Å². The van der Waals surface area contributed by atoms with Gasteiger partial charge in [-0.25, -0.2) is 4.98 Å². The van der Waals surface area contributed by atoms with Crippen LogP contribution < -0.4 is 5.32 Å². The molecule has 0 saturated heterocycles. The summed E-state index contributed by atoms with van der Waals surface area (Å²) in [6.45, 7) is 2.05. The largest absolute Gasteiger partial charge is 0.380 e. The highest BCUT2D eigenvalue weighted by Gasteiger charge is 2.39. The van der Waals surface area contributed by atoms with Crippen molar-refractivity contribution in [2.24, 2.45) is 0 Å². The number of aryl methyl sites for hydroxylation is 1. The molecule has 2 N–H and O–H groups in total. The molecule has 0 aromatic carbocycles. The number of aromatic nitrogens is 1. The van der Waals surface area contributed by atoms with Crippen molar-refractivity contribution in [3.05, 3.63) is 11.1 Å². The zero-order chi connectivity index (χ0) is 11.6. The number of rotatable bonds is 3. The van der Waals surface area contributed by atoms with Crippen LogP contribution in [0.2, 0.25) is 0 Å². The monoisotopic (exact) mass is 240 g/mol. The molecule has 1 aliphatic carbocycles. The molecule has 1 amide bonds. The van der Waals surface area contributed by atoms with Crippen molar-refractivity contribution >= 4 is 22.4 Å². The molecule has 4 nitrogen and oxygen atoms in total. The average Bonchev–Trinajstić information content (AvgIpc) is 2.88. The van der Waals surface area contributed by atoms with Crippen molar-refractivity contribution in [1.29, 1.82) is 0 Å². The third-order valence-corrected chi connectivity index (χ3v) is 4.03. The van der Waals surface area contributed by atoms with Crippen LogP contribution in [0.25, 0.3) is 0 Å². The molecule has 1 heterocycles. The second-order valence-electron chi connectivity index (χ2n) is 4.18. The molecular formula is C11H16N2O2S. The minimum absolute atomic E-state index is 0.304. The highest BCUT2D eigenvalue weighted by atomic mass is 32.1. The van der Waals surface area contributed by atoms with Crippen LogP contribution in [0.5, 0.6) is 0 Å². The van der Waals surface area contributed by atoms with Gasteiger partial charge in [-0.15, -0.1) is 11.3 Å². The fourth-order valence-corrected chi connectivity index (χ4v) is 2.68. The maximum absolute atomic E-state index is 11.8. The van der Waals surface area contributed by atoms with E-state index in [1.54, 1.807) is 6.20 Å². The van der Waals surface area contributed by atoms with Crippen LogP contribution in [0.1, 0.15) is 37.5 Å². The molecule has 0 atom stereocenters. The Bertz CT molecular complexity index is 383. The third kappa shape index (κ3) is 2.25. The molecule has 2 rings (SSSR count). The van der Waals surface area contributed by atoms with E-state index in [0.29, 0.717) is 18.0 Å². The Morgan fingerprint density at radius 1 is 1.62 bits per heavy atom. The Kier molecular flexibility index (Phi) is 3.25. The first-order valence-electron chi connectivity index (χ1n) is 5.62. The average molecular weight is 240 g/mol. The smallest absolute Gasteiger partial charge is 0.258 e. The summed E-state index contributed by atoms with van der Waals surface area (Å²) < 4.78 is 0. The fraction of sp³-hybridized carbons (Fsp3) is 0.636. The molecule has 0 bridgehead atoms. The Balaban J connectivity index is 2.01. The number of amides is 1. The molecule has 5 heteroatoms. The van der Waals surface area contributed by atoms with E-state index in [-0.39, 0.29) is 5.91 Å². The number of thiazole rings is 1. The topological polar surface area (TPSA) is 62.2 Å². The van der Waals surface area contributed by atoms with Gasteiger partial charge in [0.2, 0.25) is 0 Å². The van der Waals surface area contributed by atoms with Crippen LogP contribution in [0.15, 0.2) is 6.20 Å². The lowest BCUT2D eigenvalue weighted by molar-refractivity contribution is -0.133. The Hall–Kier alpha value is -0.940. The molecule has 16 heavy (non-hydrogen) atoms. The van der Waals surface area contributed by atoms with E-state index in [4.69, 9.17) is 0 Å². The second-order valence-corrected chi connectivity index (χ2v) is 5.29. The fourth-order valence-electron chi connectivity index (χ4n) is 1.93. The summed E-state index contributed by atoms with van der Waals surface area (Å²) in [5, 5.41) is 13.3. The number of carbonyl (C=O) groups excluding carboxylic acids is 1. The van der Waals surface area contributed by atoms with Gasteiger partial charge in [-0.3, -0.25) is 10.1 Å². The molecule has 0 radical (unpaired) electrons. The van der Waals surface area contributed by atoms with Crippen molar-refractivity contribution in [1.82, 2.24) is 4.98 Å². The van der Waals surface area contributed by atoms with Gasteiger partial charge in [-0.05, 0) is 32.1 Å². The predicted molar refractivity (Wildman–Crippen MR) is 63.5 cm³/mol. The van der Waals surface area contributed by atoms with E-state index in [2.05, 4.69) is 10.3 Å². The van der Waals surface area contributed by atoms with Crippen LogP contribution in [-0.2, 0) is 11.2 Å². The highest BCUT2D eigenvalue weighted by Crippen LogP contribution is 2.31. The highest BCUT2D eigenvalue weighted by molar-refractivity contribution is 7.15. The summed E-state index contributed by atoms with van der Waals surface area (Å²) in [5.41, 5.74) is -1.17. The molecule has 1 aromatic heterocycles. The van der Waals surface area contributed by atoms with Crippen molar-refractivity contribution in [3.63, 3.8) is 0 Å². The Morgan fingerprint density at radius 2 is 2.31 bits per heavy atom. The summed E-state index contributed by atoms with van der Waals surface area (Å²) in [6.07, 6.45) is 5.64. The van der Waals surface area contributed by atoms with Gasteiger partial charge in [-0.1, -0.05) is 6.92 Å². The molecule has 1 aromatic rings. The van der Waals surface area contributed by atoms with Gasteiger partial charge in [-0.2, -0.15) is 0 Å². The van der Waals surface area contributed by atoms with Gasteiger partial charge < -0.3 is 5.11 Å². The SMILES string of the molecule is CCc1cnc(NC(=O)C2(O)CCCC2)s1. The van der Waals surface area contributed by atoms with Gasteiger partial charge in [0.05, 0.1) is 0 Å². The number of anilines is 1. The first kappa shape index (κ1) is 11.5. The summed E-state index contributed by atoms with van der Waals surface area (Å²) in [7, 11) is 0. The molecule has 0 aliphatic heterocycles. The van der Waals surface area contributed by atoms with Gasteiger partial charge in [0.15, 0.2) is 5.13 Å². The van der Waals surface area contributed by atoms with Crippen molar-refractivity contribution < 1.29 is 9.90 Å². The number of nitrogens with zero attached hydrogens (tertiary/aromatic N) is 1. The predicted octanol–water partition coefficient (Wildman–Crippen LogP) is 1.95. The van der Waals surface area contributed by atoms with Crippen molar-refractivity contribution in [3.8, 4) is 0 Å². The maximum atomic E-state index is 11.8. The zero-order valence-electron chi connectivity index (χ0n) is 9.32. The normalized spacial score (nSPS) is 18.6. The van der Waals surface area contributed by atoms with Gasteiger partial charge in [0.1, 0.15) is 5.60 Å². The zero-order valence-corrected chi connectivity index (χ0v) is 10.1. The summed E-state index contributed by atoms with van der Waals surface area (Å²) in [5.74, 6) is -0.304. The number of hydrogen-bond donors (Lipinski definition) is 2. The molecule has 1 fully saturated rings. The van der Waals surface area contributed by atoms with Crippen LogP contribution in [0, 0.1) is 0 Å². The van der Waals surface area contributed by atoms with Crippen LogP contribution in [0.4, 0.5) is 5.13 Å². The first-order valence-corrected chi connectivity index (χ1v) is 6.44. The molecule has 0 spiro atoms. The number of hydrogen-bond acceptors (Lipinski definition) is 4. The number of nitrogens with one attached hydrogen (secondary N) is 1. The van der Waals surface area contributed by atoms with Gasteiger partial charge in [0.25, 0.3) is 5.91 Å². The standard InChI is InChI=1S/C11H16N2O2S/c1-2-8-7-12-10(16-8)13-9(14)11(15)5-3-4-6-11/h7,15H,2-6H2,1H3,(H,12,13,14). The van der Waals surface area contributed by atoms with E-state index in [0.717, 1.165) is 24.1 Å². The minimum atomic E-state index is -1.17. The summed E-state index contributed by atoms with van der Waals surface area (Å²) >= 11 is 1.46. The molecule has 0 unspecified atom stereocenters. The minimum Gasteiger partial charge on any atom is -0.380 e. The van der Waals surface area contributed by atoms with Crippen molar-refractivity contribution in [2.45, 2.75) is 44.6 Å². The van der Waals surface area contributed by atoms with E-state index >= 15 is 0 Å². The molecular weight excluding hydrogens is 224 g/mol. The number of aliphatic hydroxyl groups is 1. The second kappa shape index (κ2) is 4.51. The molecule has 88 valence electrons. The van der Waals surface area contributed by atoms with Gasteiger partial charge in [0, 0.05) is 11.1 Å². The van der Waals surface area contributed by atoms with Crippen LogP contribution in [-0.4, -0.2) is 21.6 Å². The molecule has 1 aliphatic rings. The van der Waals surface area contributed by atoms with Gasteiger partial charge >= 0.3 is 0 Å². The summed E-state index contributed by atoms with van der Waals surface area (Å²) in [6, 6.07) is 0. The number of carbonyl (C=O) groups is 1. The van der Waals surface area contributed by atoms with E-state index < -0.39 is 5.60 Å². The lowest BCUT2D eigenvalue weighted by atomic mass is 10.0. The maximum Gasteiger partial charge on any atom is 0.258 e. The Labute approximate surface area is 98.7 Å². The summed E-state index contributed by atoms with van der Waals surface area (Å²) in [4.78, 5) is 17.1. The lowest BCUT2D eigenvalue weighted by Crippen LogP contribution is -2.40. The van der Waals surface area contributed by atoms with E-state index in [1.807, 2.05) is 6.92 Å². The van der Waals surface area contributed by atoms with Crippen LogP contribution >= 0.6 is 11.3 Å². The first-order chi connectivity index (χ1) is 7.64.